The number of carbonyl (C=O) groups is 2. The van der Waals surface area contributed by atoms with Crippen LogP contribution in [0.25, 0.3) is 22.8 Å². The molecule has 1 saturated heterocycles. The highest BCUT2D eigenvalue weighted by Crippen LogP contribution is 2.25. The third-order valence-corrected chi connectivity index (χ3v) is 6.61. The lowest BCUT2D eigenvalue weighted by Gasteiger charge is -2.37. The number of aromatic nitrogens is 5. The number of H-pyrrole nitrogens is 2. The Morgan fingerprint density at radius 2 is 1.97 bits per heavy atom. The lowest BCUT2D eigenvalue weighted by atomic mass is 10.00. The number of benzene rings is 1. The molecule has 194 valence electrons. The number of likely N-dealkylation sites (tertiary alicyclic amines) is 1. The molecule has 10 nitrogen and oxygen atoms in total. The molecule has 0 unspecified atom stereocenters. The van der Waals surface area contributed by atoms with Crippen molar-refractivity contribution in [1.82, 2.24) is 30.0 Å². The van der Waals surface area contributed by atoms with E-state index in [1.165, 1.54) is 7.11 Å². The monoisotopic (exact) mass is 511 g/mol. The van der Waals surface area contributed by atoms with E-state index < -0.39 is 0 Å². The molecule has 0 saturated carbocycles. The van der Waals surface area contributed by atoms with Gasteiger partial charge in [-0.15, -0.1) is 0 Å². The average Bonchev–Trinajstić information content (AvgIpc) is 3.59. The summed E-state index contributed by atoms with van der Waals surface area (Å²) in [5.41, 5.74) is 6.22. The highest BCUT2D eigenvalue weighted by atomic mass is 16.5. The number of hydrogen-bond acceptors (Lipinski definition) is 7. The Morgan fingerprint density at radius 3 is 2.66 bits per heavy atom. The zero-order valence-corrected chi connectivity index (χ0v) is 21.5. The predicted molar refractivity (Wildman–Crippen MR) is 144 cm³/mol. The minimum absolute atomic E-state index is 0.126. The van der Waals surface area contributed by atoms with Gasteiger partial charge in [0.1, 0.15) is 11.5 Å². The van der Waals surface area contributed by atoms with Gasteiger partial charge in [0.25, 0.3) is 5.91 Å². The summed E-state index contributed by atoms with van der Waals surface area (Å²) in [5, 5.41) is 10.1. The Morgan fingerprint density at radius 1 is 1.18 bits per heavy atom. The van der Waals surface area contributed by atoms with Gasteiger partial charge < -0.3 is 19.9 Å². The Hall–Kier alpha value is -4.73. The number of hydrogen-bond donors (Lipinski definition) is 3. The smallest absolute Gasteiger partial charge is 0.312 e. The fourth-order valence-corrected chi connectivity index (χ4v) is 4.38. The summed E-state index contributed by atoms with van der Waals surface area (Å²) in [6, 6.07) is 11.7. The molecular formula is C28H29N7O3. The van der Waals surface area contributed by atoms with E-state index in [9.17, 15) is 9.59 Å². The van der Waals surface area contributed by atoms with Crippen molar-refractivity contribution in [3.63, 3.8) is 0 Å². The van der Waals surface area contributed by atoms with Crippen molar-refractivity contribution in [2.24, 2.45) is 5.92 Å². The standard InChI is InChI=1S/C28H29N7O3/c1-4-18-12-24(27(36)35-15-21(16-35)28(37)38-3)33-23(18)11-17(2)26-29-10-9-25(34-26)32-22-7-5-19(6-8-22)20-13-30-31-14-20/h5-14,21,33H,4,15-16H2,1-3H3,(H,30,31)(H,29,32,34)/b17-11+. The minimum Gasteiger partial charge on any atom is -0.469 e. The van der Waals surface area contributed by atoms with Crippen LogP contribution in [0, 0.1) is 5.92 Å². The fourth-order valence-electron chi connectivity index (χ4n) is 4.38. The van der Waals surface area contributed by atoms with E-state index in [1.54, 1.807) is 17.3 Å². The van der Waals surface area contributed by atoms with Crippen LogP contribution in [0.1, 0.15) is 41.4 Å². The number of rotatable bonds is 8. The molecule has 1 aromatic carbocycles. The number of methoxy groups -OCH3 is 1. The van der Waals surface area contributed by atoms with Crippen molar-refractivity contribution < 1.29 is 14.3 Å². The van der Waals surface area contributed by atoms with Crippen molar-refractivity contribution in [1.29, 1.82) is 0 Å². The molecule has 3 N–H and O–H groups in total. The number of allylic oxidation sites excluding steroid dienone is 1. The quantitative estimate of drug-likeness (QED) is 0.301. The van der Waals surface area contributed by atoms with Crippen molar-refractivity contribution >= 4 is 35.0 Å². The summed E-state index contributed by atoms with van der Waals surface area (Å²) < 4.78 is 4.76. The number of nitrogens with zero attached hydrogens (tertiary/aromatic N) is 4. The van der Waals surface area contributed by atoms with Crippen molar-refractivity contribution in [3.05, 3.63) is 77.8 Å². The summed E-state index contributed by atoms with van der Waals surface area (Å²) in [7, 11) is 1.36. The van der Waals surface area contributed by atoms with Gasteiger partial charge in [-0.1, -0.05) is 19.1 Å². The van der Waals surface area contributed by atoms with Crippen LogP contribution in [0.15, 0.2) is 55.0 Å². The molecule has 1 aliphatic heterocycles. The number of aromatic amines is 2. The second kappa shape index (κ2) is 10.7. The number of esters is 1. The molecule has 0 bridgehead atoms. The molecule has 0 aliphatic carbocycles. The van der Waals surface area contributed by atoms with Crippen LogP contribution in [-0.4, -0.2) is 62.1 Å². The molecule has 1 aliphatic rings. The topological polar surface area (TPSA) is 129 Å². The van der Waals surface area contributed by atoms with E-state index >= 15 is 0 Å². The minimum atomic E-state index is -0.281. The molecule has 10 heteroatoms. The van der Waals surface area contributed by atoms with Gasteiger partial charge in [0.15, 0.2) is 5.82 Å². The van der Waals surface area contributed by atoms with E-state index in [-0.39, 0.29) is 17.8 Å². The SMILES string of the molecule is CCc1cc(C(=O)N2CC(C(=O)OC)C2)[nH]c1/C=C(\C)c1nccc(Nc2ccc(-c3cn[nH]c3)cc2)n1. The first kappa shape index (κ1) is 24.9. The maximum absolute atomic E-state index is 12.9. The Balaban J connectivity index is 1.29. The number of nitrogens with one attached hydrogen (secondary N) is 3. The van der Waals surface area contributed by atoms with Crippen LogP contribution in [0.5, 0.6) is 0 Å². The molecule has 3 aromatic heterocycles. The third-order valence-electron chi connectivity index (χ3n) is 6.61. The van der Waals surface area contributed by atoms with Gasteiger partial charge in [0.05, 0.1) is 19.2 Å². The molecule has 4 aromatic rings. The maximum atomic E-state index is 12.9. The van der Waals surface area contributed by atoms with Gasteiger partial charge >= 0.3 is 5.97 Å². The predicted octanol–water partition coefficient (Wildman–Crippen LogP) is 4.31. The molecule has 4 heterocycles. The summed E-state index contributed by atoms with van der Waals surface area (Å²) in [4.78, 5) is 38.6. The van der Waals surface area contributed by atoms with Crippen molar-refractivity contribution in [3.8, 4) is 11.1 Å². The van der Waals surface area contributed by atoms with Crippen LogP contribution >= 0.6 is 0 Å². The van der Waals surface area contributed by atoms with Gasteiger partial charge in [-0.05, 0) is 60.4 Å². The Bertz CT molecular complexity index is 1470. The molecule has 5 rings (SSSR count). The number of aryl methyl sites for hydroxylation is 1. The number of anilines is 2. The maximum Gasteiger partial charge on any atom is 0.312 e. The first-order valence-corrected chi connectivity index (χ1v) is 12.4. The van der Waals surface area contributed by atoms with Gasteiger partial charge in [0, 0.05) is 42.4 Å². The fraction of sp³-hybridized carbons (Fsp3) is 0.250. The van der Waals surface area contributed by atoms with Gasteiger partial charge in [0.2, 0.25) is 0 Å². The summed E-state index contributed by atoms with van der Waals surface area (Å²) in [6.45, 7) is 4.72. The van der Waals surface area contributed by atoms with Crippen LogP contribution in [0.2, 0.25) is 0 Å². The molecule has 38 heavy (non-hydrogen) atoms. The van der Waals surface area contributed by atoms with E-state index in [4.69, 9.17) is 4.74 Å². The molecule has 1 fully saturated rings. The van der Waals surface area contributed by atoms with Gasteiger partial charge in [-0.2, -0.15) is 5.10 Å². The summed E-state index contributed by atoms with van der Waals surface area (Å²) in [5.74, 6) is 0.599. The highest BCUT2D eigenvalue weighted by Gasteiger charge is 2.37. The van der Waals surface area contributed by atoms with Crippen LogP contribution in [0.3, 0.4) is 0 Å². The first-order chi connectivity index (χ1) is 18.4. The van der Waals surface area contributed by atoms with Crippen LogP contribution < -0.4 is 5.32 Å². The largest absolute Gasteiger partial charge is 0.469 e. The first-order valence-electron chi connectivity index (χ1n) is 12.4. The average molecular weight is 512 g/mol. The Labute approximate surface area is 220 Å². The third kappa shape index (κ3) is 5.19. The van der Waals surface area contributed by atoms with Gasteiger partial charge in [-0.25, -0.2) is 9.97 Å². The molecule has 1 amide bonds. The lowest BCUT2D eigenvalue weighted by Crippen LogP contribution is -2.53. The lowest BCUT2D eigenvalue weighted by molar-refractivity contribution is -0.149. The van der Waals surface area contributed by atoms with E-state index in [1.807, 2.05) is 62.5 Å². The zero-order chi connectivity index (χ0) is 26.6. The van der Waals surface area contributed by atoms with Gasteiger partial charge in [-0.3, -0.25) is 14.7 Å². The number of carbonyl (C=O) groups excluding carboxylic acids is 2. The Kier molecular flexibility index (Phi) is 7.03. The molecule has 0 radical (unpaired) electrons. The number of amides is 1. The molecule has 0 spiro atoms. The summed E-state index contributed by atoms with van der Waals surface area (Å²) in [6.07, 6.45) is 8.07. The van der Waals surface area contributed by atoms with Crippen molar-refractivity contribution in [2.45, 2.75) is 20.3 Å². The molecular weight excluding hydrogens is 482 g/mol. The van der Waals surface area contributed by atoms with E-state index in [0.29, 0.717) is 30.4 Å². The van der Waals surface area contributed by atoms with Crippen LogP contribution in [0.4, 0.5) is 11.5 Å². The second-order valence-electron chi connectivity index (χ2n) is 9.19. The molecule has 0 atom stereocenters. The van der Waals surface area contributed by atoms with E-state index in [2.05, 4.69) is 30.5 Å². The number of ether oxygens (including phenoxy) is 1. The normalized spacial score (nSPS) is 13.8. The zero-order valence-electron chi connectivity index (χ0n) is 21.5. The van der Waals surface area contributed by atoms with E-state index in [0.717, 1.165) is 40.1 Å². The highest BCUT2D eigenvalue weighted by molar-refractivity contribution is 5.95. The van der Waals surface area contributed by atoms with Crippen LogP contribution in [-0.2, 0) is 16.0 Å². The van der Waals surface area contributed by atoms with Crippen molar-refractivity contribution in [2.75, 3.05) is 25.5 Å². The summed E-state index contributed by atoms with van der Waals surface area (Å²) >= 11 is 0. The second-order valence-corrected chi connectivity index (χ2v) is 9.19.